The van der Waals surface area contributed by atoms with Crippen molar-refractivity contribution < 1.29 is 22.7 Å². The summed E-state index contributed by atoms with van der Waals surface area (Å²) < 4.78 is 41.2. The first kappa shape index (κ1) is 24.3. The second-order valence-electron chi connectivity index (χ2n) is 7.45. The van der Waals surface area contributed by atoms with Crippen molar-refractivity contribution >= 4 is 5.91 Å². The molecule has 0 aliphatic heterocycles. The maximum atomic E-state index is 12.2. The van der Waals surface area contributed by atoms with Crippen LogP contribution in [0, 0.1) is 6.92 Å². The molecule has 2 aromatic rings. The molecule has 0 aliphatic carbocycles. The molecule has 0 fully saturated rings. The Kier molecular flexibility index (Phi) is 8.50. The van der Waals surface area contributed by atoms with Crippen LogP contribution in [0.2, 0.25) is 0 Å². The van der Waals surface area contributed by atoms with Gasteiger partial charge in [0.05, 0.1) is 6.04 Å². The SMILES string of the molecule is CC(C)(C)N.Cc1cc(C(C)NC(=O)c2ccncn2)cnc1OCC(F)(F)F. The minimum atomic E-state index is -4.43. The lowest BCUT2D eigenvalue weighted by Crippen LogP contribution is -2.27. The number of nitrogens with zero attached hydrogens (tertiary/aromatic N) is 3. The number of ether oxygens (including phenoxy) is 1. The van der Waals surface area contributed by atoms with E-state index in [4.69, 9.17) is 5.73 Å². The molecule has 7 nitrogen and oxygen atoms in total. The summed E-state index contributed by atoms with van der Waals surface area (Å²) in [7, 11) is 0. The fourth-order valence-corrected chi connectivity index (χ4v) is 1.90. The van der Waals surface area contributed by atoms with Crippen molar-refractivity contribution in [3.05, 3.63) is 47.7 Å². The van der Waals surface area contributed by atoms with Crippen LogP contribution in [0.25, 0.3) is 0 Å². The van der Waals surface area contributed by atoms with E-state index in [2.05, 4.69) is 25.0 Å². The molecule has 0 bridgehead atoms. The van der Waals surface area contributed by atoms with Gasteiger partial charge in [0, 0.05) is 23.5 Å². The van der Waals surface area contributed by atoms with Gasteiger partial charge in [0.1, 0.15) is 12.0 Å². The number of carbonyl (C=O) groups excluding carboxylic acids is 1. The molecule has 1 amide bonds. The Hall–Kier alpha value is -2.75. The van der Waals surface area contributed by atoms with Gasteiger partial charge >= 0.3 is 6.18 Å². The first-order chi connectivity index (χ1) is 13.3. The van der Waals surface area contributed by atoms with E-state index in [0.717, 1.165) is 0 Å². The maximum absolute atomic E-state index is 12.2. The zero-order valence-electron chi connectivity index (χ0n) is 17.0. The summed E-state index contributed by atoms with van der Waals surface area (Å²) in [5.74, 6) is -0.481. The quantitative estimate of drug-likeness (QED) is 0.779. The monoisotopic (exact) mass is 413 g/mol. The van der Waals surface area contributed by atoms with Gasteiger partial charge in [0.15, 0.2) is 6.61 Å². The molecule has 0 aliphatic rings. The van der Waals surface area contributed by atoms with Crippen LogP contribution in [0.5, 0.6) is 5.88 Å². The Morgan fingerprint density at radius 1 is 1.28 bits per heavy atom. The Labute approximate surface area is 167 Å². The third kappa shape index (κ3) is 10.4. The van der Waals surface area contributed by atoms with Gasteiger partial charge in [0.25, 0.3) is 5.91 Å². The van der Waals surface area contributed by atoms with Crippen LogP contribution >= 0.6 is 0 Å². The minimum Gasteiger partial charge on any atom is -0.468 e. The van der Waals surface area contributed by atoms with Crippen LogP contribution in [-0.4, -0.2) is 39.2 Å². The molecule has 3 N–H and O–H groups in total. The van der Waals surface area contributed by atoms with Gasteiger partial charge < -0.3 is 15.8 Å². The summed E-state index contributed by atoms with van der Waals surface area (Å²) in [4.78, 5) is 23.5. The highest BCUT2D eigenvalue weighted by Gasteiger charge is 2.29. The topological polar surface area (TPSA) is 103 Å². The van der Waals surface area contributed by atoms with Crippen molar-refractivity contribution in [2.24, 2.45) is 5.73 Å². The molecule has 0 spiro atoms. The zero-order valence-corrected chi connectivity index (χ0v) is 17.0. The van der Waals surface area contributed by atoms with Gasteiger partial charge in [0.2, 0.25) is 5.88 Å². The fourth-order valence-electron chi connectivity index (χ4n) is 1.90. The molecular weight excluding hydrogens is 387 g/mol. The molecule has 0 saturated heterocycles. The highest BCUT2D eigenvalue weighted by atomic mass is 19.4. The average molecular weight is 413 g/mol. The normalized spacial score (nSPS) is 12.4. The molecule has 0 saturated carbocycles. The summed E-state index contributed by atoms with van der Waals surface area (Å²) in [6.45, 7) is 7.81. The van der Waals surface area contributed by atoms with Crippen molar-refractivity contribution in [2.45, 2.75) is 52.4 Å². The molecule has 160 valence electrons. The molecular formula is C19H26F3N5O2. The number of carbonyl (C=O) groups is 1. The van der Waals surface area contributed by atoms with E-state index in [9.17, 15) is 18.0 Å². The Morgan fingerprint density at radius 2 is 1.90 bits per heavy atom. The number of aromatic nitrogens is 3. The molecule has 1 unspecified atom stereocenters. The van der Waals surface area contributed by atoms with Crippen LogP contribution in [0.15, 0.2) is 30.9 Å². The minimum absolute atomic E-state index is 0. The number of alkyl halides is 3. The number of rotatable bonds is 5. The average Bonchev–Trinajstić information content (AvgIpc) is 2.59. The predicted octanol–water partition coefficient (Wildman–Crippen LogP) is 3.36. The van der Waals surface area contributed by atoms with E-state index < -0.39 is 18.8 Å². The van der Waals surface area contributed by atoms with Crippen molar-refractivity contribution in [2.75, 3.05) is 6.61 Å². The summed E-state index contributed by atoms with van der Waals surface area (Å²) >= 11 is 0. The largest absolute Gasteiger partial charge is 0.468 e. The molecule has 29 heavy (non-hydrogen) atoms. The van der Waals surface area contributed by atoms with Crippen LogP contribution in [-0.2, 0) is 0 Å². The van der Waals surface area contributed by atoms with E-state index >= 15 is 0 Å². The third-order valence-corrected chi connectivity index (χ3v) is 3.09. The highest BCUT2D eigenvalue weighted by Crippen LogP contribution is 2.22. The van der Waals surface area contributed by atoms with Crippen LogP contribution < -0.4 is 15.8 Å². The van der Waals surface area contributed by atoms with Crippen LogP contribution in [0.3, 0.4) is 0 Å². The molecule has 1 atom stereocenters. The Bertz CT molecular complexity index is 787. The number of amides is 1. The Morgan fingerprint density at radius 3 is 2.38 bits per heavy atom. The first-order valence-electron chi connectivity index (χ1n) is 8.78. The molecule has 2 heterocycles. The molecule has 10 heteroatoms. The number of hydrogen-bond donors (Lipinski definition) is 2. The maximum Gasteiger partial charge on any atom is 0.422 e. The second kappa shape index (κ2) is 10.1. The predicted molar refractivity (Wildman–Crippen MR) is 102 cm³/mol. The number of nitrogens with one attached hydrogen (secondary N) is 1. The van der Waals surface area contributed by atoms with Crippen molar-refractivity contribution in [3.63, 3.8) is 0 Å². The summed E-state index contributed by atoms with van der Waals surface area (Å²) in [6.07, 6.45) is -0.349. The molecule has 0 aromatic carbocycles. The lowest BCUT2D eigenvalue weighted by atomic mass is 10.1. The van der Waals surface area contributed by atoms with Crippen molar-refractivity contribution in [3.8, 4) is 5.88 Å². The van der Waals surface area contributed by atoms with E-state index in [1.807, 2.05) is 20.8 Å². The number of pyridine rings is 1. The van der Waals surface area contributed by atoms with Gasteiger partial charge in [-0.25, -0.2) is 15.0 Å². The highest BCUT2D eigenvalue weighted by molar-refractivity contribution is 5.92. The third-order valence-electron chi connectivity index (χ3n) is 3.09. The summed E-state index contributed by atoms with van der Waals surface area (Å²) in [6, 6.07) is 2.68. The number of nitrogens with two attached hydrogens (primary N) is 1. The number of halogens is 3. The molecule has 0 radical (unpaired) electrons. The van der Waals surface area contributed by atoms with Gasteiger partial charge in [-0.15, -0.1) is 0 Å². The molecule has 2 rings (SSSR count). The van der Waals surface area contributed by atoms with Crippen LogP contribution in [0.1, 0.15) is 55.4 Å². The van der Waals surface area contributed by atoms with E-state index in [1.54, 1.807) is 19.9 Å². The summed E-state index contributed by atoms with van der Waals surface area (Å²) in [5, 5.41) is 2.73. The smallest absolute Gasteiger partial charge is 0.422 e. The van der Waals surface area contributed by atoms with Crippen molar-refractivity contribution in [1.82, 2.24) is 20.3 Å². The van der Waals surface area contributed by atoms with Gasteiger partial charge in [-0.2, -0.15) is 13.2 Å². The van der Waals surface area contributed by atoms with E-state index in [1.165, 1.54) is 24.8 Å². The number of hydrogen-bond acceptors (Lipinski definition) is 6. The number of aryl methyl sites for hydroxylation is 1. The Balaban J connectivity index is 0.000000749. The van der Waals surface area contributed by atoms with Gasteiger partial charge in [-0.05, 0) is 52.3 Å². The summed E-state index contributed by atoms with van der Waals surface area (Å²) in [5.41, 5.74) is 6.65. The second-order valence-corrected chi connectivity index (χ2v) is 7.45. The standard InChI is InChI=1S/C15H15F3N4O2.C4H11N/c1-9-5-11(6-20-14(9)24-7-15(16,17)18)10(2)22-13(23)12-3-4-19-8-21-12;1-4(2,3)5/h3-6,8,10H,7H2,1-2H3,(H,22,23);5H2,1-3H3. The van der Waals surface area contributed by atoms with Gasteiger partial charge in [-0.1, -0.05) is 0 Å². The lowest BCUT2D eigenvalue weighted by Gasteiger charge is -2.16. The van der Waals surface area contributed by atoms with Crippen LogP contribution in [0.4, 0.5) is 13.2 Å². The van der Waals surface area contributed by atoms with Crippen molar-refractivity contribution in [1.29, 1.82) is 0 Å². The first-order valence-corrected chi connectivity index (χ1v) is 8.78. The fraction of sp³-hybridized carbons (Fsp3) is 0.474. The van der Waals surface area contributed by atoms with E-state index in [0.29, 0.717) is 11.1 Å². The van der Waals surface area contributed by atoms with E-state index in [-0.39, 0.29) is 23.0 Å². The zero-order chi connectivity index (χ0) is 22.2. The lowest BCUT2D eigenvalue weighted by molar-refractivity contribution is -0.154. The van der Waals surface area contributed by atoms with Gasteiger partial charge in [-0.3, -0.25) is 4.79 Å². The molecule has 2 aromatic heterocycles.